The maximum Gasteiger partial charge on any atom is 0.419 e. The Morgan fingerprint density at radius 1 is 1.27 bits per heavy atom. The number of hydrogen-bond donors (Lipinski definition) is 2. The van der Waals surface area contributed by atoms with Crippen LogP contribution in [0, 0.1) is 0 Å². The van der Waals surface area contributed by atoms with Crippen molar-refractivity contribution in [3.63, 3.8) is 0 Å². The molecule has 0 aromatic rings. The predicted octanol–water partition coefficient (Wildman–Crippen LogP) is 1.09. The number of rotatable bonds is 3. The van der Waals surface area contributed by atoms with E-state index < -0.39 is 11.8 Å². The third kappa shape index (κ3) is 2.34. The highest BCUT2D eigenvalue weighted by molar-refractivity contribution is 4.86. The van der Waals surface area contributed by atoms with Crippen molar-refractivity contribution in [2.24, 2.45) is 0 Å². The molecule has 1 atom stereocenters. The molecule has 0 amide bonds. The summed E-state index contributed by atoms with van der Waals surface area (Å²) < 4.78 is 36.5. The normalized spacial score (nSPS) is 18.0. The summed E-state index contributed by atoms with van der Waals surface area (Å²) in [6, 6.07) is 0. The Kier molecular flexibility index (Phi) is 3.31. The Morgan fingerprint density at radius 3 is 1.82 bits per heavy atom. The Morgan fingerprint density at radius 2 is 1.73 bits per heavy atom. The fourth-order valence-electron chi connectivity index (χ4n) is 0.684. The van der Waals surface area contributed by atoms with E-state index in [2.05, 4.69) is 10.6 Å². The summed E-state index contributed by atoms with van der Waals surface area (Å²) in [4.78, 5) is 0. The molecule has 68 valence electrons. The molecule has 1 unspecified atom stereocenters. The van der Waals surface area contributed by atoms with Crippen molar-refractivity contribution in [2.75, 3.05) is 13.6 Å². The van der Waals surface area contributed by atoms with Gasteiger partial charge in [-0.1, -0.05) is 6.92 Å². The van der Waals surface area contributed by atoms with E-state index in [-0.39, 0.29) is 6.54 Å². The average molecular weight is 170 g/mol. The quantitative estimate of drug-likeness (QED) is 0.619. The highest BCUT2D eigenvalue weighted by Crippen LogP contribution is 2.26. The van der Waals surface area contributed by atoms with Crippen molar-refractivity contribution in [2.45, 2.75) is 25.7 Å². The highest BCUT2D eigenvalue weighted by atomic mass is 19.4. The first-order valence-corrected chi connectivity index (χ1v) is 3.38. The zero-order valence-corrected chi connectivity index (χ0v) is 6.84. The molecule has 0 saturated carbocycles. The molecule has 0 radical (unpaired) electrons. The van der Waals surface area contributed by atoms with E-state index in [1.54, 1.807) is 6.92 Å². The maximum atomic E-state index is 12.2. The van der Waals surface area contributed by atoms with Crippen LogP contribution in [0.25, 0.3) is 0 Å². The van der Waals surface area contributed by atoms with E-state index >= 15 is 0 Å². The summed E-state index contributed by atoms with van der Waals surface area (Å²) in [6.07, 6.45) is -4.27. The van der Waals surface area contributed by atoms with Crippen molar-refractivity contribution in [1.29, 1.82) is 0 Å². The van der Waals surface area contributed by atoms with Gasteiger partial charge in [0.15, 0.2) is 5.66 Å². The molecule has 0 aliphatic carbocycles. The highest BCUT2D eigenvalue weighted by Gasteiger charge is 2.49. The first kappa shape index (κ1) is 10.7. The minimum Gasteiger partial charge on any atom is -0.295 e. The van der Waals surface area contributed by atoms with Crippen molar-refractivity contribution in [3.05, 3.63) is 0 Å². The smallest absolute Gasteiger partial charge is 0.295 e. The molecule has 11 heavy (non-hydrogen) atoms. The first-order chi connectivity index (χ1) is 4.87. The summed E-state index contributed by atoms with van der Waals surface area (Å²) >= 11 is 0. The van der Waals surface area contributed by atoms with Crippen LogP contribution in [-0.2, 0) is 0 Å². The molecule has 5 heteroatoms. The van der Waals surface area contributed by atoms with Crippen molar-refractivity contribution < 1.29 is 13.2 Å². The lowest BCUT2D eigenvalue weighted by molar-refractivity contribution is -0.199. The molecular formula is C6H13F3N2. The average Bonchev–Trinajstić information content (AvgIpc) is 1.86. The molecule has 0 heterocycles. The molecule has 0 aliphatic heterocycles. The SMILES string of the molecule is CCNC(C)(NC)C(F)(F)F. The fourth-order valence-corrected chi connectivity index (χ4v) is 0.684. The van der Waals surface area contributed by atoms with Gasteiger partial charge in [0.05, 0.1) is 0 Å². The van der Waals surface area contributed by atoms with Gasteiger partial charge in [0, 0.05) is 0 Å². The van der Waals surface area contributed by atoms with Gasteiger partial charge in [-0.2, -0.15) is 13.2 Å². The summed E-state index contributed by atoms with van der Waals surface area (Å²) in [5.41, 5.74) is -1.97. The van der Waals surface area contributed by atoms with Crippen LogP contribution in [0.3, 0.4) is 0 Å². The van der Waals surface area contributed by atoms with Gasteiger partial charge in [0.25, 0.3) is 0 Å². The van der Waals surface area contributed by atoms with Crippen LogP contribution in [0.15, 0.2) is 0 Å². The van der Waals surface area contributed by atoms with E-state index in [1.165, 1.54) is 7.05 Å². The van der Waals surface area contributed by atoms with E-state index in [9.17, 15) is 13.2 Å². The van der Waals surface area contributed by atoms with E-state index in [1.807, 2.05) is 0 Å². The Bertz CT molecular complexity index is 123. The van der Waals surface area contributed by atoms with Gasteiger partial charge >= 0.3 is 6.18 Å². The minimum atomic E-state index is -4.27. The molecule has 2 nitrogen and oxygen atoms in total. The van der Waals surface area contributed by atoms with Crippen LogP contribution in [0.5, 0.6) is 0 Å². The molecule has 0 spiro atoms. The second kappa shape index (κ2) is 3.40. The third-order valence-electron chi connectivity index (χ3n) is 1.60. The number of halogens is 3. The van der Waals surface area contributed by atoms with Gasteiger partial charge in [0.2, 0.25) is 0 Å². The van der Waals surface area contributed by atoms with Gasteiger partial charge < -0.3 is 0 Å². The largest absolute Gasteiger partial charge is 0.419 e. The van der Waals surface area contributed by atoms with E-state index in [0.29, 0.717) is 0 Å². The maximum absolute atomic E-state index is 12.2. The molecule has 0 bridgehead atoms. The number of nitrogens with one attached hydrogen (secondary N) is 2. The van der Waals surface area contributed by atoms with Crippen molar-refractivity contribution >= 4 is 0 Å². The standard InChI is InChI=1S/C6H13F3N2/c1-4-11-5(2,10-3)6(7,8)9/h10-11H,4H2,1-3H3. The second-order valence-electron chi connectivity index (χ2n) is 2.40. The Balaban J connectivity index is 4.33. The molecule has 0 aromatic heterocycles. The first-order valence-electron chi connectivity index (χ1n) is 3.38. The van der Waals surface area contributed by atoms with E-state index in [0.717, 1.165) is 6.92 Å². The third-order valence-corrected chi connectivity index (χ3v) is 1.60. The monoisotopic (exact) mass is 170 g/mol. The zero-order chi connectivity index (χ0) is 9.12. The van der Waals surface area contributed by atoms with Crippen molar-refractivity contribution in [1.82, 2.24) is 10.6 Å². The topological polar surface area (TPSA) is 24.1 Å². The molecule has 0 rings (SSSR count). The molecule has 2 N–H and O–H groups in total. The summed E-state index contributed by atoms with van der Waals surface area (Å²) in [5.74, 6) is 0. The van der Waals surface area contributed by atoms with Gasteiger partial charge in [-0.05, 0) is 20.5 Å². The van der Waals surface area contributed by atoms with Crippen LogP contribution in [-0.4, -0.2) is 25.4 Å². The number of alkyl halides is 3. The molecule has 0 aromatic carbocycles. The molecule has 0 aliphatic rings. The molecular weight excluding hydrogens is 157 g/mol. The van der Waals surface area contributed by atoms with Crippen LogP contribution in [0.2, 0.25) is 0 Å². The lowest BCUT2D eigenvalue weighted by Gasteiger charge is -2.32. The molecule has 0 saturated heterocycles. The summed E-state index contributed by atoms with van der Waals surface area (Å²) in [6.45, 7) is 2.97. The van der Waals surface area contributed by atoms with Gasteiger partial charge in [-0.25, -0.2) is 0 Å². The summed E-state index contributed by atoms with van der Waals surface area (Å²) in [7, 11) is 1.27. The Hall–Kier alpha value is -0.290. The van der Waals surface area contributed by atoms with Gasteiger partial charge in [0.1, 0.15) is 0 Å². The van der Waals surface area contributed by atoms with Crippen LogP contribution in [0.4, 0.5) is 13.2 Å². The lowest BCUT2D eigenvalue weighted by atomic mass is 10.2. The van der Waals surface area contributed by atoms with E-state index in [4.69, 9.17) is 0 Å². The zero-order valence-electron chi connectivity index (χ0n) is 6.84. The van der Waals surface area contributed by atoms with Crippen molar-refractivity contribution in [3.8, 4) is 0 Å². The van der Waals surface area contributed by atoms with Crippen LogP contribution < -0.4 is 10.6 Å². The number of hydrogen-bond acceptors (Lipinski definition) is 2. The summed E-state index contributed by atoms with van der Waals surface area (Å²) in [5, 5.41) is 4.50. The van der Waals surface area contributed by atoms with Gasteiger partial charge in [-0.3, -0.25) is 10.6 Å². The predicted molar refractivity (Wildman–Crippen MR) is 37.2 cm³/mol. The van der Waals surface area contributed by atoms with Crippen LogP contribution >= 0.6 is 0 Å². The van der Waals surface area contributed by atoms with Gasteiger partial charge in [-0.15, -0.1) is 0 Å². The molecule has 0 fully saturated rings. The second-order valence-corrected chi connectivity index (χ2v) is 2.40. The fraction of sp³-hybridized carbons (Fsp3) is 1.00. The lowest BCUT2D eigenvalue weighted by Crippen LogP contribution is -2.62. The Labute approximate surface area is 64.2 Å². The minimum absolute atomic E-state index is 0.275. The van der Waals surface area contributed by atoms with Crippen LogP contribution in [0.1, 0.15) is 13.8 Å².